The molecule has 1 unspecified atom stereocenters. The van der Waals surface area contributed by atoms with Crippen LogP contribution in [0.3, 0.4) is 0 Å². The molecule has 0 aromatic carbocycles. The monoisotopic (exact) mass is 291 g/mol. The molecular weight excluding hydrogens is 270 g/mol. The van der Waals surface area contributed by atoms with Gasteiger partial charge in [-0.1, -0.05) is 6.08 Å². The molecule has 0 aliphatic carbocycles. The van der Waals surface area contributed by atoms with Crippen LogP contribution in [-0.2, 0) is 4.79 Å². The van der Waals surface area contributed by atoms with Crippen LogP contribution >= 0.6 is 0 Å². The minimum absolute atomic E-state index is 0.204. The average molecular weight is 291 g/mol. The van der Waals surface area contributed by atoms with Gasteiger partial charge in [-0.25, -0.2) is 4.79 Å². The van der Waals surface area contributed by atoms with Gasteiger partial charge in [-0.15, -0.1) is 6.58 Å². The van der Waals surface area contributed by atoms with Gasteiger partial charge in [0.25, 0.3) is 5.91 Å². The second-order valence-electron chi connectivity index (χ2n) is 5.17. The molecule has 0 radical (unpaired) electrons. The molecule has 6 heteroatoms. The summed E-state index contributed by atoms with van der Waals surface area (Å²) in [5, 5.41) is 14.9. The van der Waals surface area contributed by atoms with Crippen molar-refractivity contribution in [1.29, 1.82) is 0 Å². The zero-order chi connectivity index (χ0) is 15.2. The molecule has 0 spiro atoms. The summed E-state index contributed by atoms with van der Waals surface area (Å²) in [4.78, 5) is 23.4. The summed E-state index contributed by atoms with van der Waals surface area (Å²) in [5.41, 5.74) is 0.511. The van der Waals surface area contributed by atoms with E-state index in [1.54, 1.807) is 6.07 Å². The molecule has 1 aromatic rings. The normalized spacial score (nSPS) is 17.1. The SMILES string of the molecule is C=CCC(NC(=O)c1cccn1C1CCNCC1)C(=O)O. The molecule has 21 heavy (non-hydrogen) atoms. The van der Waals surface area contributed by atoms with Crippen LogP contribution in [0.15, 0.2) is 31.0 Å². The number of nitrogens with zero attached hydrogens (tertiary/aromatic N) is 1. The van der Waals surface area contributed by atoms with Gasteiger partial charge in [0.1, 0.15) is 11.7 Å². The molecule has 1 aliphatic rings. The first-order valence-corrected chi connectivity index (χ1v) is 7.15. The van der Waals surface area contributed by atoms with Crippen LogP contribution in [0.25, 0.3) is 0 Å². The number of carbonyl (C=O) groups is 2. The standard InChI is InChI=1S/C15H21N3O3/c1-2-4-12(15(20)21)17-14(19)13-5-3-10-18(13)11-6-8-16-9-7-11/h2-3,5,10-12,16H,1,4,6-9H2,(H,17,19)(H,20,21). The average Bonchev–Trinajstić information content (AvgIpc) is 2.97. The Labute approximate surface area is 123 Å². The molecule has 0 bridgehead atoms. The Kier molecular flexibility index (Phi) is 5.16. The van der Waals surface area contributed by atoms with Crippen molar-refractivity contribution < 1.29 is 14.7 Å². The predicted molar refractivity (Wildman–Crippen MR) is 79.3 cm³/mol. The van der Waals surface area contributed by atoms with Gasteiger partial charge in [-0.2, -0.15) is 0 Å². The summed E-state index contributed by atoms with van der Waals surface area (Å²) in [5.74, 6) is -1.41. The zero-order valence-corrected chi connectivity index (χ0v) is 11.9. The van der Waals surface area contributed by atoms with E-state index in [1.807, 2.05) is 16.8 Å². The highest BCUT2D eigenvalue weighted by atomic mass is 16.4. The van der Waals surface area contributed by atoms with Gasteiger partial charge >= 0.3 is 5.97 Å². The quantitative estimate of drug-likeness (QED) is 0.687. The Morgan fingerprint density at radius 3 is 2.86 bits per heavy atom. The van der Waals surface area contributed by atoms with Crippen LogP contribution in [0.2, 0.25) is 0 Å². The van der Waals surface area contributed by atoms with E-state index in [1.165, 1.54) is 6.08 Å². The number of rotatable bonds is 6. The minimum atomic E-state index is -1.05. The highest BCUT2D eigenvalue weighted by Crippen LogP contribution is 2.21. The topological polar surface area (TPSA) is 83.4 Å². The van der Waals surface area contributed by atoms with Gasteiger partial charge in [0.2, 0.25) is 0 Å². The number of carboxylic acid groups (broad SMARTS) is 1. The number of aromatic nitrogens is 1. The van der Waals surface area contributed by atoms with Gasteiger partial charge < -0.3 is 20.3 Å². The number of aliphatic carboxylic acids is 1. The van der Waals surface area contributed by atoms with Crippen LogP contribution in [-0.4, -0.2) is 40.7 Å². The number of carbonyl (C=O) groups excluding carboxylic acids is 1. The van der Waals surface area contributed by atoms with E-state index in [4.69, 9.17) is 5.11 Å². The summed E-state index contributed by atoms with van der Waals surface area (Å²) in [6.45, 7) is 5.37. The van der Waals surface area contributed by atoms with Crippen LogP contribution in [0.1, 0.15) is 35.8 Å². The van der Waals surface area contributed by atoms with Gasteiger partial charge in [-0.05, 0) is 44.5 Å². The summed E-state index contributed by atoms with van der Waals surface area (Å²) < 4.78 is 1.95. The Hall–Kier alpha value is -2.08. The fourth-order valence-corrected chi connectivity index (χ4v) is 2.61. The van der Waals surface area contributed by atoms with E-state index in [-0.39, 0.29) is 18.4 Å². The number of nitrogens with one attached hydrogen (secondary N) is 2. The second kappa shape index (κ2) is 7.08. The number of carboxylic acids is 1. The minimum Gasteiger partial charge on any atom is -0.480 e. The fraction of sp³-hybridized carbons (Fsp3) is 0.467. The van der Waals surface area contributed by atoms with E-state index < -0.39 is 12.0 Å². The fourth-order valence-electron chi connectivity index (χ4n) is 2.61. The first-order chi connectivity index (χ1) is 10.1. The molecule has 2 heterocycles. The van der Waals surface area contributed by atoms with Crippen LogP contribution < -0.4 is 10.6 Å². The molecule has 1 fully saturated rings. The molecule has 1 atom stereocenters. The summed E-state index contributed by atoms with van der Waals surface area (Å²) in [6.07, 6.45) is 5.50. The maximum absolute atomic E-state index is 12.3. The summed E-state index contributed by atoms with van der Waals surface area (Å²) in [7, 11) is 0. The lowest BCUT2D eigenvalue weighted by molar-refractivity contribution is -0.139. The van der Waals surface area contributed by atoms with Crippen LogP contribution in [0.5, 0.6) is 0 Å². The van der Waals surface area contributed by atoms with Gasteiger partial charge in [-0.3, -0.25) is 4.79 Å². The third-order valence-electron chi connectivity index (χ3n) is 3.72. The maximum atomic E-state index is 12.3. The smallest absolute Gasteiger partial charge is 0.326 e. The predicted octanol–water partition coefficient (Wildman–Crippen LogP) is 1.17. The molecule has 2 rings (SSSR count). The highest BCUT2D eigenvalue weighted by Gasteiger charge is 2.23. The molecule has 1 aromatic heterocycles. The third-order valence-corrected chi connectivity index (χ3v) is 3.72. The lowest BCUT2D eigenvalue weighted by Crippen LogP contribution is -2.41. The number of hydrogen-bond acceptors (Lipinski definition) is 3. The largest absolute Gasteiger partial charge is 0.480 e. The van der Waals surface area contributed by atoms with Crippen molar-refractivity contribution >= 4 is 11.9 Å². The Balaban J connectivity index is 2.10. The van der Waals surface area contributed by atoms with Crippen molar-refractivity contribution in [3.8, 4) is 0 Å². The van der Waals surface area contributed by atoms with E-state index in [9.17, 15) is 9.59 Å². The Morgan fingerprint density at radius 2 is 2.24 bits per heavy atom. The van der Waals surface area contributed by atoms with E-state index in [2.05, 4.69) is 17.2 Å². The second-order valence-corrected chi connectivity index (χ2v) is 5.17. The third kappa shape index (κ3) is 3.72. The Bertz CT molecular complexity index is 518. The van der Waals surface area contributed by atoms with Crippen molar-refractivity contribution in [2.75, 3.05) is 13.1 Å². The van der Waals surface area contributed by atoms with E-state index in [0.29, 0.717) is 5.69 Å². The molecule has 3 N–H and O–H groups in total. The van der Waals surface area contributed by atoms with Crippen molar-refractivity contribution in [1.82, 2.24) is 15.2 Å². The first-order valence-electron chi connectivity index (χ1n) is 7.15. The highest BCUT2D eigenvalue weighted by molar-refractivity contribution is 5.95. The molecule has 1 saturated heterocycles. The first kappa shape index (κ1) is 15.3. The molecular formula is C15H21N3O3. The van der Waals surface area contributed by atoms with Gasteiger partial charge in [0.05, 0.1) is 0 Å². The summed E-state index contributed by atoms with van der Waals surface area (Å²) >= 11 is 0. The number of piperidine rings is 1. The molecule has 6 nitrogen and oxygen atoms in total. The Morgan fingerprint density at radius 1 is 1.52 bits per heavy atom. The van der Waals surface area contributed by atoms with E-state index in [0.717, 1.165) is 25.9 Å². The lowest BCUT2D eigenvalue weighted by Gasteiger charge is -2.26. The molecule has 1 amide bonds. The lowest BCUT2D eigenvalue weighted by atomic mass is 10.1. The van der Waals surface area contributed by atoms with Gasteiger partial charge in [0, 0.05) is 12.2 Å². The molecule has 1 aliphatic heterocycles. The number of hydrogen-bond donors (Lipinski definition) is 3. The van der Waals surface area contributed by atoms with Crippen molar-refractivity contribution in [3.63, 3.8) is 0 Å². The molecule has 0 saturated carbocycles. The number of amides is 1. The summed E-state index contributed by atoms with van der Waals surface area (Å²) in [6, 6.07) is 2.89. The molecule has 114 valence electrons. The zero-order valence-electron chi connectivity index (χ0n) is 11.9. The van der Waals surface area contributed by atoms with Crippen molar-refractivity contribution in [2.45, 2.75) is 31.3 Å². The van der Waals surface area contributed by atoms with E-state index >= 15 is 0 Å². The van der Waals surface area contributed by atoms with Gasteiger partial charge in [0.15, 0.2) is 0 Å². The maximum Gasteiger partial charge on any atom is 0.326 e. The van der Waals surface area contributed by atoms with Crippen LogP contribution in [0, 0.1) is 0 Å². The van der Waals surface area contributed by atoms with Crippen LogP contribution in [0.4, 0.5) is 0 Å². The van der Waals surface area contributed by atoms with Crippen molar-refractivity contribution in [2.24, 2.45) is 0 Å². The van der Waals surface area contributed by atoms with Crippen molar-refractivity contribution in [3.05, 3.63) is 36.7 Å².